The van der Waals surface area contributed by atoms with Gasteiger partial charge >= 0.3 is 0 Å². The first-order chi connectivity index (χ1) is 14.0. The van der Waals surface area contributed by atoms with Crippen LogP contribution in [0.15, 0.2) is 35.1 Å². The maximum atomic E-state index is 12.8. The van der Waals surface area contributed by atoms with Gasteiger partial charge in [-0.25, -0.2) is 9.97 Å². The SMILES string of the molecule is CC(C)(C)[Si](C)(C)OCCCn1ccc2c(Cl)nc(C(=O)c3ccc(Br)cn3)nc21. The second-order valence-electron chi connectivity index (χ2n) is 8.74. The molecule has 0 atom stereocenters. The number of carbonyl (C=O) groups is 1. The number of fused-ring (bicyclic) bond motifs is 1. The molecule has 3 heterocycles. The van der Waals surface area contributed by atoms with Gasteiger partial charge in [-0.2, -0.15) is 0 Å². The number of ketones is 1. The monoisotopic (exact) mass is 508 g/mol. The lowest BCUT2D eigenvalue weighted by molar-refractivity contribution is 0.102. The highest BCUT2D eigenvalue weighted by Crippen LogP contribution is 2.36. The van der Waals surface area contributed by atoms with Crippen molar-refractivity contribution in [3.05, 3.63) is 51.7 Å². The van der Waals surface area contributed by atoms with Crippen molar-refractivity contribution >= 4 is 52.7 Å². The van der Waals surface area contributed by atoms with Crippen LogP contribution in [0.4, 0.5) is 0 Å². The molecule has 0 amide bonds. The number of rotatable bonds is 7. The van der Waals surface area contributed by atoms with Crippen LogP contribution in [0, 0.1) is 0 Å². The molecular formula is C21H26BrClN4O2Si. The zero-order valence-corrected chi connectivity index (χ0v) is 21.2. The van der Waals surface area contributed by atoms with E-state index in [4.69, 9.17) is 16.0 Å². The molecule has 3 rings (SSSR count). The van der Waals surface area contributed by atoms with Crippen molar-refractivity contribution in [2.24, 2.45) is 0 Å². The van der Waals surface area contributed by atoms with Crippen molar-refractivity contribution in [2.45, 2.75) is 51.9 Å². The van der Waals surface area contributed by atoms with E-state index in [9.17, 15) is 4.79 Å². The molecule has 0 spiro atoms. The fraction of sp³-hybridized carbons (Fsp3) is 0.429. The van der Waals surface area contributed by atoms with E-state index in [0.717, 1.165) is 22.8 Å². The van der Waals surface area contributed by atoms with Gasteiger partial charge in [0.2, 0.25) is 11.6 Å². The van der Waals surface area contributed by atoms with E-state index in [2.05, 4.69) is 64.7 Å². The molecule has 0 saturated carbocycles. The standard InChI is InChI=1S/C21H26BrClN4O2Si/c1-21(2,3)30(4,5)29-12-6-10-27-11-9-15-18(23)25-19(26-20(15)27)17(28)16-8-7-14(22)13-24-16/h7-9,11,13H,6,10,12H2,1-5H3. The molecule has 160 valence electrons. The highest BCUT2D eigenvalue weighted by molar-refractivity contribution is 9.10. The summed E-state index contributed by atoms with van der Waals surface area (Å²) in [5, 5.41) is 1.17. The largest absolute Gasteiger partial charge is 0.417 e. The Balaban J connectivity index is 1.77. The summed E-state index contributed by atoms with van der Waals surface area (Å²) in [6, 6.07) is 5.26. The predicted octanol–water partition coefficient (Wildman–Crippen LogP) is 5.89. The van der Waals surface area contributed by atoms with Crippen molar-refractivity contribution in [2.75, 3.05) is 6.61 Å². The molecule has 0 fully saturated rings. The maximum Gasteiger partial charge on any atom is 0.248 e. The zero-order valence-electron chi connectivity index (χ0n) is 17.9. The number of aromatic nitrogens is 4. The topological polar surface area (TPSA) is 69.9 Å². The van der Waals surface area contributed by atoms with Crippen molar-refractivity contribution in [3.63, 3.8) is 0 Å². The van der Waals surface area contributed by atoms with Gasteiger partial charge in [0.25, 0.3) is 0 Å². The number of pyridine rings is 1. The molecule has 6 nitrogen and oxygen atoms in total. The average Bonchev–Trinajstić information content (AvgIpc) is 3.08. The summed E-state index contributed by atoms with van der Waals surface area (Å²) in [4.78, 5) is 25.6. The molecule has 0 bridgehead atoms. The molecule has 0 aliphatic rings. The third-order valence-corrected chi connectivity index (χ3v) is 10.8. The van der Waals surface area contributed by atoms with Gasteiger partial charge in [-0.05, 0) is 58.7 Å². The van der Waals surface area contributed by atoms with Gasteiger partial charge in [-0.3, -0.25) is 9.78 Å². The Morgan fingerprint density at radius 1 is 1.23 bits per heavy atom. The van der Waals surface area contributed by atoms with Crippen LogP contribution in [0.25, 0.3) is 11.0 Å². The van der Waals surface area contributed by atoms with Gasteiger partial charge < -0.3 is 8.99 Å². The molecule has 30 heavy (non-hydrogen) atoms. The van der Waals surface area contributed by atoms with E-state index in [1.807, 2.05) is 16.8 Å². The third-order valence-electron chi connectivity index (χ3n) is 5.55. The summed E-state index contributed by atoms with van der Waals surface area (Å²) in [5.41, 5.74) is 0.914. The van der Waals surface area contributed by atoms with E-state index in [1.165, 1.54) is 0 Å². The second kappa shape index (κ2) is 8.86. The third kappa shape index (κ3) is 4.99. The van der Waals surface area contributed by atoms with Gasteiger partial charge in [-0.1, -0.05) is 32.4 Å². The summed E-state index contributed by atoms with van der Waals surface area (Å²) in [5.74, 6) is -0.319. The van der Waals surface area contributed by atoms with Crippen molar-refractivity contribution in [3.8, 4) is 0 Å². The second-order valence-corrected chi connectivity index (χ2v) is 14.8. The van der Waals surface area contributed by atoms with Gasteiger partial charge in [0.1, 0.15) is 16.5 Å². The van der Waals surface area contributed by atoms with Gasteiger partial charge in [-0.15, -0.1) is 0 Å². The van der Waals surface area contributed by atoms with Crippen molar-refractivity contribution in [1.29, 1.82) is 0 Å². The Kier molecular flexibility index (Phi) is 6.81. The molecule has 0 N–H and O–H groups in total. The van der Waals surface area contributed by atoms with Crippen LogP contribution in [0.5, 0.6) is 0 Å². The van der Waals surface area contributed by atoms with E-state index in [-0.39, 0.29) is 27.5 Å². The van der Waals surface area contributed by atoms with Crippen LogP contribution in [-0.4, -0.2) is 40.2 Å². The molecule has 0 aliphatic carbocycles. The van der Waals surface area contributed by atoms with E-state index in [1.54, 1.807) is 18.3 Å². The van der Waals surface area contributed by atoms with E-state index >= 15 is 0 Å². The fourth-order valence-electron chi connectivity index (χ4n) is 2.71. The summed E-state index contributed by atoms with van der Waals surface area (Å²) >= 11 is 9.65. The number of hydrogen-bond acceptors (Lipinski definition) is 5. The lowest BCUT2D eigenvalue weighted by Gasteiger charge is -2.36. The van der Waals surface area contributed by atoms with Crippen LogP contribution in [0.1, 0.15) is 43.5 Å². The van der Waals surface area contributed by atoms with Crippen LogP contribution in [-0.2, 0) is 11.0 Å². The number of halogens is 2. The van der Waals surface area contributed by atoms with Crippen LogP contribution in [0.3, 0.4) is 0 Å². The molecular weight excluding hydrogens is 484 g/mol. The first-order valence-corrected chi connectivity index (χ1v) is 13.9. The quantitative estimate of drug-likeness (QED) is 0.172. The smallest absolute Gasteiger partial charge is 0.248 e. The Morgan fingerprint density at radius 2 is 1.97 bits per heavy atom. The molecule has 3 aromatic heterocycles. The van der Waals surface area contributed by atoms with E-state index < -0.39 is 8.32 Å². The zero-order chi connectivity index (χ0) is 22.1. The normalized spacial score (nSPS) is 12.5. The number of nitrogens with zero attached hydrogens (tertiary/aromatic N) is 4. The van der Waals surface area contributed by atoms with Gasteiger partial charge in [0.15, 0.2) is 8.32 Å². The summed E-state index contributed by atoms with van der Waals surface area (Å²) in [7, 11) is -1.77. The minimum Gasteiger partial charge on any atom is -0.417 e. The lowest BCUT2D eigenvalue weighted by Crippen LogP contribution is -2.41. The fourth-order valence-corrected chi connectivity index (χ4v) is 4.26. The number of hydrogen-bond donors (Lipinski definition) is 0. The summed E-state index contributed by atoms with van der Waals surface area (Å²) < 4.78 is 9.04. The van der Waals surface area contributed by atoms with Gasteiger partial charge in [0.05, 0.1) is 5.39 Å². The number of carbonyl (C=O) groups excluding carboxylic acids is 1. The minimum atomic E-state index is -1.77. The highest BCUT2D eigenvalue weighted by atomic mass is 79.9. The average molecular weight is 510 g/mol. The highest BCUT2D eigenvalue weighted by Gasteiger charge is 2.36. The Morgan fingerprint density at radius 3 is 2.60 bits per heavy atom. The Labute approximate surface area is 191 Å². The van der Waals surface area contributed by atoms with E-state index in [0.29, 0.717) is 12.3 Å². The molecule has 3 aromatic rings. The van der Waals surface area contributed by atoms with Crippen LogP contribution < -0.4 is 0 Å². The molecule has 0 aromatic carbocycles. The first kappa shape index (κ1) is 23.1. The molecule has 0 radical (unpaired) electrons. The minimum absolute atomic E-state index is 0.0415. The number of aryl methyl sites for hydroxylation is 1. The Hall–Kier alpha value is -1.61. The lowest BCUT2D eigenvalue weighted by atomic mass is 10.2. The molecule has 0 unspecified atom stereocenters. The Bertz CT molecular complexity index is 1060. The molecule has 0 saturated heterocycles. The predicted molar refractivity (Wildman–Crippen MR) is 126 cm³/mol. The summed E-state index contributed by atoms with van der Waals surface area (Å²) in [6.07, 6.45) is 4.33. The summed E-state index contributed by atoms with van der Waals surface area (Å²) in [6.45, 7) is 12.6. The van der Waals surface area contributed by atoms with Crippen LogP contribution >= 0.6 is 27.5 Å². The maximum absolute atomic E-state index is 12.8. The van der Waals surface area contributed by atoms with Crippen molar-refractivity contribution in [1.82, 2.24) is 19.5 Å². The molecule has 9 heteroatoms. The molecule has 0 aliphatic heterocycles. The van der Waals surface area contributed by atoms with Gasteiger partial charge in [0, 0.05) is 30.0 Å². The first-order valence-electron chi connectivity index (χ1n) is 9.82. The van der Waals surface area contributed by atoms with Crippen molar-refractivity contribution < 1.29 is 9.22 Å². The van der Waals surface area contributed by atoms with Crippen LogP contribution in [0.2, 0.25) is 23.3 Å².